The average Bonchev–Trinajstić information content (AvgIpc) is 3.18. The molecule has 0 radical (unpaired) electrons. The van der Waals surface area contributed by atoms with Crippen LogP contribution < -0.4 is 25.8 Å². The molecular formula is C35H42N4O6. The first-order valence-electron chi connectivity index (χ1n) is 15.8. The molecule has 2 amide bonds. The monoisotopic (exact) mass is 614 g/mol. The summed E-state index contributed by atoms with van der Waals surface area (Å²) in [6.07, 6.45) is 10.4. The summed E-state index contributed by atoms with van der Waals surface area (Å²) in [6, 6.07) is 10.9. The van der Waals surface area contributed by atoms with Crippen molar-refractivity contribution in [2.45, 2.75) is 63.4 Å². The van der Waals surface area contributed by atoms with Crippen molar-refractivity contribution < 1.29 is 28.9 Å². The molecule has 4 atom stereocenters. The van der Waals surface area contributed by atoms with Gasteiger partial charge in [-0.15, -0.1) is 0 Å². The summed E-state index contributed by atoms with van der Waals surface area (Å²) in [6.45, 7) is 4.38. The average molecular weight is 615 g/mol. The van der Waals surface area contributed by atoms with Gasteiger partial charge in [0.05, 0.1) is 43.6 Å². The number of ether oxygens (including phenoxy) is 3. The maximum Gasteiger partial charge on any atom is 0.255 e. The topological polar surface area (TPSA) is 135 Å². The fourth-order valence-corrected chi connectivity index (χ4v) is 6.54. The van der Waals surface area contributed by atoms with Gasteiger partial charge in [0.1, 0.15) is 18.1 Å². The molecule has 3 heterocycles. The highest BCUT2D eigenvalue weighted by molar-refractivity contribution is 6.00. The number of fused-ring (bicyclic) bond motifs is 3. The molecule has 0 saturated carbocycles. The Morgan fingerprint density at radius 1 is 1.13 bits per heavy atom. The normalized spacial score (nSPS) is 22.9. The van der Waals surface area contributed by atoms with Gasteiger partial charge in [-0.2, -0.15) is 0 Å². The van der Waals surface area contributed by atoms with E-state index in [2.05, 4.69) is 10.6 Å². The van der Waals surface area contributed by atoms with E-state index in [0.717, 1.165) is 47.4 Å². The van der Waals surface area contributed by atoms with Gasteiger partial charge in [0.2, 0.25) is 0 Å². The number of rotatable bonds is 10. The Morgan fingerprint density at radius 2 is 1.96 bits per heavy atom. The third-order valence-corrected chi connectivity index (χ3v) is 8.93. The lowest BCUT2D eigenvalue weighted by Gasteiger charge is -2.34. The molecule has 5 N–H and O–H groups in total. The molecule has 3 aliphatic heterocycles. The van der Waals surface area contributed by atoms with Gasteiger partial charge >= 0.3 is 0 Å². The number of carbonyl (C=O) groups is 2. The van der Waals surface area contributed by atoms with E-state index < -0.39 is 6.10 Å². The summed E-state index contributed by atoms with van der Waals surface area (Å²) in [7, 11) is 0. The fraction of sp³-hybridized carbons (Fsp3) is 0.429. The van der Waals surface area contributed by atoms with Gasteiger partial charge in [-0.25, -0.2) is 0 Å². The number of allylic oxidation sites excluding steroid dienone is 3. The van der Waals surface area contributed by atoms with Gasteiger partial charge in [0.15, 0.2) is 0 Å². The Bertz CT molecular complexity index is 1500. The van der Waals surface area contributed by atoms with Crippen LogP contribution in [-0.4, -0.2) is 79.0 Å². The Labute approximate surface area is 263 Å². The van der Waals surface area contributed by atoms with Crippen LogP contribution in [0, 0.1) is 0 Å². The van der Waals surface area contributed by atoms with Crippen LogP contribution in [0.4, 0.5) is 0 Å². The van der Waals surface area contributed by atoms with Crippen molar-refractivity contribution in [3.63, 3.8) is 0 Å². The van der Waals surface area contributed by atoms with Crippen molar-refractivity contribution in [1.82, 2.24) is 15.5 Å². The van der Waals surface area contributed by atoms with Crippen LogP contribution >= 0.6 is 0 Å². The lowest BCUT2D eigenvalue weighted by Crippen LogP contribution is -2.49. The van der Waals surface area contributed by atoms with Gasteiger partial charge in [0.25, 0.3) is 11.8 Å². The predicted octanol–water partition coefficient (Wildman–Crippen LogP) is 3.00. The summed E-state index contributed by atoms with van der Waals surface area (Å²) < 4.78 is 17.4. The minimum atomic E-state index is -0.807. The second-order valence-electron chi connectivity index (χ2n) is 12.1. The molecule has 45 heavy (non-hydrogen) atoms. The van der Waals surface area contributed by atoms with Crippen LogP contribution in [0.1, 0.15) is 58.0 Å². The molecule has 2 aromatic carbocycles. The highest BCUT2D eigenvalue weighted by Gasteiger charge is 2.40. The quantitative estimate of drug-likeness (QED) is 0.321. The first-order valence-corrected chi connectivity index (χ1v) is 15.8. The lowest BCUT2D eigenvalue weighted by molar-refractivity contribution is -0.00717. The summed E-state index contributed by atoms with van der Waals surface area (Å²) in [4.78, 5) is 28.5. The minimum absolute atomic E-state index is 0.0618. The summed E-state index contributed by atoms with van der Waals surface area (Å²) in [5.41, 5.74) is 10.9. The smallest absolute Gasteiger partial charge is 0.255 e. The molecule has 0 aromatic heterocycles. The zero-order valence-corrected chi connectivity index (χ0v) is 25.7. The van der Waals surface area contributed by atoms with E-state index in [9.17, 15) is 14.7 Å². The molecule has 1 aliphatic carbocycles. The van der Waals surface area contributed by atoms with Crippen molar-refractivity contribution in [3.8, 4) is 11.5 Å². The maximum absolute atomic E-state index is 13.4. The van der Waals surface area contributed by atoms with E-state index in [4.69, 9.17) is 19.9 Å². The number of aliphatic hydroxyl groups is 1. The van der Waals surface area contributed by atoms with Crippen molar-refractivity contribution in [3.05, 3.63) is 94.2 Å². The van der Waals surface area contributed by atoms with E-state index in [1.165, 1.54) is 0 Å². The second-order valence-corrected chi connectivity index (χ2v) is 12.1. The van der Waals surface area contributed by atoms with Gasteiger partial charge in [-0.1, -0.05) is 24.3 Å². The molecule has 2 aromatic rings. The largest absolute Gasteiger partial charge is 0.493 e. The predicted molar refractivity (Wildman–Crippen MR) is 170 cm³/mol. The Morgan fingerprint density at radius 3 is 2.76 bits per heavy atom. The van der Waals surface area contributed by atoms with Crippen LogP contribution in [0.3, 0.4) is 0 Å². The number of amides is 2. The zero-order valence-electron chi connectivity index (χ0n) is 25.7. The number of nitrogens with zero attached hydrogens (tertiary/aromatic N) is 1. The number of hydrogen-bond acceptors (Lipinski definition) is 8. The molecule has 0 spiro atoms. The molecule has 2 saturated heterocycles. The molecule has 10 heteroatoms. The minimum Gasteiger partial charge on any atom is -0.493 e. The molecule has 10 nitrogen and oxygen atoms in total. The van der Waals surface area contributed by atoms with Gasteiger partial charge in [-0.05, 0) is 79.3 Å². The number of nitrogens with one attached hydrogen (secondary N) is 2. The molecule has 2 bridgehead atoms. The Kier molecular flexibility index (Phi) is 9.53. The number of nitrogens with two attached hydrogens (primary N) is 1. The van der Waals surface area contributed by atoms with E-state index in [1.54, 1.807) is 18.2 Å². The molecule has 4 aliphatic rings. The highest BCUT2D eigenvalue weighted by Crippen LogP contribution is 2.32. The summed E-state index contributed by atoms with van der Waals surface area (Å²) >= 11 is 0. The van der Waals surface area contributed by atoms with Gasteiger partial charge in [-0.3, -0.25) is 9.59 Å². The van der Waals surface area contributed by atoms with Crippen LogP contribution in [0.25, 0.3) is 0 Å². The Hall–Kier alpha value is -4.12. The second kappa shape index (κ2) is 13.9. The first-order chi connectivity index (χ1) is 21.9. The van der Waals surface area contributed by atoms with E-state index in [1.807, 2.05) is 54.3 Å². The number of benzene rings is 2. The summed E-state index contributed by atoms with van der Waals surface area (Å²) in [5.74, 6) is 0.702. The van der Waals surface area contributed by atoms with Gasteiger partial charge in [0, 0.05) is 36.8 Å². The van der Waals surface area contributed by atoms with Crippen LogP contribution in [0.5, 0.6) is 11.5 Å². The molecular weight excluding hydrogens is 572 g/mol. The molecule has 6 rings (SSSR count). The van der Waals surface area contributed by atoms with Crippen LogP contribution in [0.2, 0.25) is 0 Å². The zero-order chi connectivity index (χ0) is 31.3. The van der Waals surface area contributed by atoms with E-state index >= 15 is 0 Å². The highest BCUT2D eigenvalue weighted by atomic mass is 16.5. The van der Waals surface area contributed by atoms with E-state index in [0.29, 0.717) is 56.3 Å². The maximum atomic E-state index is 13.4. The number of morpholine rings is 1. The molecule has 2 unspecified atom stereocenters. The Balaban J connectivity index is 1.03. The number of carbonyl (C=O) groups excluding carboxylic acids is 2. The van der Waals surface area contributed by atoms with Crippen LogP contribution in [0.15, 0.2) is 72.0 Å². The van der Waals surface area contributed by atoms with Crippen molar-refractivity contribution in [1.29, 1.82) is 0 Å². The first kappa shape index (κ1) is 30.9. The van der Waals surface area contributed by atoms with Crippen molar-refractivity contribution in [2.24, 2.45) is 5.73 Å². The summed E-state index contributed by atoms with van der Waals surface area (Å²) in [5, 5.41) is 17.2. The fourth-order valence-electron chi connectivity index (χ4n) is 6.54. The molecule has 2 fully saturated rings. The van der Waals surface area contributed by atoms with E-state index in [-0.39, 0.29) is 36.5 Å². The lowest BCUT2D eigenvalue weighted by atomic mass is 9.92. The standard InChI is InChI=1S/C35H42N4O6/c1-2-44-33-16-24(35(42)39-27-9-10-28(39)21-43-20-27)8-12-30(33)34(41)38-18-32(40)31-15-23-7-11-29(14-25(23)17-37-31)45-19-22-5-3-4-6-26(36)13-22/h3-5,7-8,11-14,16,27-28,31-32,37,40H,2,6,9-10,15,17-21,36H2,1H3,(H,38,41)/t27?,28?,31-,32+/m0/s1. The van der Waals surface area contributed by atoms with Crippen LogP contribution in [-0.2, 0) is 17.7 Å². The third kappa shape index (κ3) is 7.08. The van der Waals surface area contributed by atoms with Crippen molar-refractivity contribution >= 4 is 11.8 Å². The number of aliphatic hydroxyl groups excluding tert-OH is 1. The third-order valence-electron chi connectivity index (χ3n) is 8.93. The van der Waals surface area contributed by atoms with Crippen molar-refractivity contribution in [2.75, 3.05) is 33.0 Å². The SMILES string of the molecule is CCOc1cc(C(=O)N2C3CCC2COC3)ccc1C(=O)NC[C@@H](O)[C@@H]1Cc2ccc(OCC3=CC=CCC(N)=C3)cc2CN1. The van der Waals surface area contributed by atoms with Gasteiger partial charge < -0.3 is 40.6 Å². The number of hydrogen-bond donors (Lipinski definition) is 4. The molecule has 238 valence electrons.